The first-order valence-corrected chi connectivity index (χ1v) is 8.58. The highest BCUT2D eigenvalue weighted by Crippen LogP contribution is 2.34. The van der Waals surface area contributed by atoms with Crippen molar-refractivity contribution in [3.63, 3.8) is 0 Å². The van der Waals surface area contributed by atoms with Crippen LogP contribution in [0.15, 0.2) is 0 Å². The molecule has 2 saturated heterocycles. The molecule has 1 unspecified atom stereocenters. The van der Waals surface area contributed by atoms with E-state index >= 15 is 0 Å². The summed E-state index contributed by atoms with van der Waals surface area (Å²) in [4.78, 5) is 0. The second-order valence-electron chi connectivity index (χ2n) is 5.29. The highest BCUT2D eigenvalue weighted by atomic mass is 32.2. The molecule has 0 aromatic rings. The van der Waals surface area contributed by atoms with Crippen LogP contribution in [-0.2, 0) is 14.8 Å². The van der Waals surface area contributed by atoms with Gasteiger partial charge in [0.05, 0.1) is 17.4 Å². The zero-order valence-corrected chi connectivity index (χ0v) is 11.9. The van der Waals surface area contributed by atoms with Gasteiger partial charge in [-0.2, -0.15) is 0 Å². The summed E-state index contributed by atoms with van der Waals surface area (Å²) < 4.78 is 32.7. The van der Waals surface area contributed by atoms with Crippen molar-refractivity contribution >= 4 is 10.0 Å². The number of unbranched alkanes of at least 4 members (excludes halogenated alkanes) is 1. The molecule has 0 aromatic heterocycles. The molecule has 0 aromatic carbocycles. The number of nitrogens with one attached hydrogen (secondary N) is 2. The Kier molecular flexibility index (Phi) is 4.64. The highest BCUT2D eigenvalue weighted by Gasteiger charge is 2.46. The maximum absolute atomic E-state index is 12.0. The third kappa shape index (κ3) is 3.23. The number of sulfonamides is 1. The molecule has 0 amide bonds. The number of hydrogen-bond donors (Lipinski definition) is 2. The summed E-state index contributed by atoms with van der Waals surface area (Å²) in [7, 11) is -3.15. The molecule has 0 radical (unpaired) electrons. The van der Waals surface area contributed by atoms with Gasteiger partial charge < -0.3 is 10.1 Å². The van der Waals surface area contributed by atoms with Crippen LogP contribution in [0, 0.1) is 0 Å². The van der Waals surface area contributed by atoms with Gasteiger partial charge in [0.15, 0.2) is 0 Å². The molecule has 106 valence electrons. The zero-order chi connectivity index (χ0) is 13.1. The van der Waals surface area contributed by atoms with Crippen LogP contribution in [0.3, 0.4) is 0 Å². The van der Waals surface area contributed by atoms with Crippen molar-refractivity contribution in [2.24, 2.45) is 0 Å². The standard InChI is InChI=1S/C12H24N2O3S/c1-2-3-10-18(15,16)14-11-4-9-17-12(11)5-7-13-8-6-12/h11,13-14H,2-10H2,1H3. The monoisotopic (exact) mass is 276 g/mol. The molecule has 2 aliphatic rings. The molecule has 2 aliphatic heterocycles. The summed E-state index contributed by atoms with van der Waals surface area (Å²) in [6, 6.07) is -0.0403. The van der Waals surface area contributed by atoms with Gasteiger partial charge in [0.1, 0.15) is 0 Å². The van der Waals surface area contributed by atoms with E-state index in [2.05, 4.69) is 10.0 Å². The molecule has 2 fully saturated rings. The lowest BCUT2D eigenvalue weighted by atomic mass is 9.86. The van der Waals surface area contributed by atoms with E-state index in [1.165, 1.54) is 0 Å². The van der Waals surface area contributed by atoms with Crippen LogP contribution in [0.2, 0.25) is 0 Å². The Morgan fingerprint density at radius 2 is 2.11 bits per heavy atom. The van der Waals surface area contributed by atoms with Crippen molar-refractivity contribution in [1.29, 1.82) is 0 Å². The number of piperidine rings is 1. The molecular formula is C12H24N2O3S. The van der Waals surface area contributed by atoms with Crippen LogP contribution < -0.4 is 10.0 Å². The van der Waals surface area contributed by atoms with Gasteiger partial charge in [-0.3, -0.25) is 0 Å². The molecule has 1 atom stereocenters. The minimum absolute atomic E-state index is 0.0403. The summed E-state index contributed by atoms with van der Waals surface area (Å²) in [5.74, 6) is 0.230. The molecule has 6 heteroatoms. The Morgan fingerprint density at radius 3 is 2.78 bits per heavy atom. The quantitative estimate of drug-likeness (QED) is 0.772. The van der Waals surface area contributed by atoms with Gasteiger partial charge in [-0.1, -0.05) is 13.3 Å². The topological polar surface area (TPSA) is 67.4 Å². The Labute approximate surface area is 110 Å². The van der Waals surface area contributed by atoms with Gasteiger partial charge in [-0.05, 0) is 38.8 Å². The first-order valence-electron chi connectivity index (χ1n) is 6.93. The normalized spacial score (nSPS) is 27.7. The molecule has 5 nitrogen and oxygen atoms in total. The summed E-state index contributed by atoms with van der Waals surface area (Å²) in [6.07, 6.45) is 4.21. The van der Waals surface area contributed by atoms with E-state index in [9.17, 15) is 8.42 Å². The van der Waals surface area contributed by atoms with Crippen LogP contribution >= 0.6 is 0 Å². The highest BCUT2D eigenvalue weighted by molar-refractivity contribution is 7.89. The maximum Gasteiger partial charge on any atom is 0.211 e. The molecule has 0 aliphatic carbocycles. The number of rotatable bonds is 5. The Bertz CT molecular complexity index is 364. The second kappa shape index (κ2) is 5.86. The average molecular weight is 276 g/mol. The van der Waals surface area contributed by atoms with Crippen LogP contribution in [0.25, 0.3) is 0 Å². The Hall–Kier alpha value is -0.170. The molecule has 0 bridgehead atoms. The molecule has 1 spiro atoms. The third-order valence-electron chi connectivity index (χ3n) is 3.97. The van der Waals surface area contributed by atoms with Gasteiger partial charge in [-0.25, -0.2) is 13.1 Å². The minimum atomic E-state index is -3.15. The molecule has 2 heterocycles. The Balaban J connectivity index is 1.99. The van der Waals surface area contributed by atoms with Crippen molar-refractivity contribution in [1.82, 2.24) is 10.0 Å². The van der Waals surface area contributed by atoms with Crippen LogP contribution in [0.1, 0.15) is 39.0 Å². The van der Waals surface area contributed by atoms with Crippen molar-refractivity contribution in [2.45, 2.75) is 50.7 Å². The van der Waals surface area contributed by atoms with Crippen LogP contribution in [0.5, 0.6) is 0 Å². The summed E-state index contributed by atoms with van der Waals surface area (Å²) >= 11 is 0. The largest absolute Gasteiger partial charge is 0.373 e. The molecule has 2 N–H and O–H groups in total. The summed E-state index contributed by atoms with van der Waals surface area (Å²) in [5, 5.41) is 3.30. The molecule has 0 saturated carbocycles. The molecule has 2 rings (SSSR count). The van der Waals surface area contributed by atoms with Gasteiger partial charge in [0, 0.05) is 6.61 Å². The van der Waals surface area contributed by atoms with Gasteiger partial charge in [-0.15, -0.1) is 0 Å². The van der Waals surface area contributed by atoms with Gasteiger partial charge >= 0.3 is 0 Å². The Morgan fingerprint density at radius 1 is 1.39 bits per heavy atom. The third-order valence-corrected chi connectivity index (χ3v) is 5.44. The lowest BCUT2D eigenvalue weighted by Crippen LogP contribution is -2.55. The predicted molar refractivity (Wildman–Crippen MR) is 71.0 cm³/mol. The lowest BCUT2D eigenvalue weighted by Gasteiger charge is -2.38. The van der Waals surface area contributed by atoms with Crippen molar-refractivity contribution in [2.75, 3.05) is 25.4 Å². The lowest BCUT2D eigenvalue weighted by molar-refractivity contribution is -0.0299. The summed E-state index contributed by atoms with van der Waals surface area (Å²) in [5.41, 5.74) is -0.259. The molecular weight excluding hydrogens is 252 g/mol. The van der Waals surface area contributed by atoms with E-state index in [4.69, 9.17) is 4.74 Å². The smallest absolute Gasteiger partial charge is 0.211 e. The summed E-state index contributed by atoms with van der Waals surface area (Å²) in [6.45, 7) is 4.49. The van der Waals surface area contributed by atoms with Gasteiger partial charge in [0.25, 0.3) is 0 Å². The van der Waals surface area contributed by atoms with E-state index in [0.29, 0.717) is 6.61 Å². The van der Waals surface area contributed by atoms with Crippen molar-refractivity contribution < 1.29 is 13.2 Å². The second-order valence-corrected chi connectivity index (χ2v) is 7.17. The van der Waals surface area contributed by atoms with E-state index in [-0.39, 0.29) is 17.4 Å². The van der Waals surface area contributed by atoms with Crippen molar-refractivity contribution in [3.05, 3.63) is 0 Å². The van der Waals surface area contributed by atoms with Crippen molar-refractivity contribution in [3.8, 4) is 0 Å². The fraction of sp³-hybridized carbons (Fsp3) is 1.00. The predicted octanol–water partition coefficient (Wildman–Crippen LogP) is 0.617. The fourth-order valence-corrected chi connectivity index (χ4v) is 4.42. The average Bonchev–Trinajstić information content (AvgIpc) is 2.70. The van der Waals surface area contributed by atoms with E-state index in [1.807, 2.05) is 6.92 Å². The van der Waals surface area contributed by atoms with E-state index in [0.717, 1.165) is 45.2 Å². The van der Waals surface area contributed by atoms with E-state index < -0.39 is 10.0 Å². The maximum atomic E-state index is 12.0. The van der Waals surface area contributed by atoms with E-state index in [1.54, 1.807) is 0 Å². The molecule has 18 heavy (non-hydrogen) atoms. The number of hydrogen-bond acceptors (Lipinski definition) is 4. The first-order chi connectivity index (χ1) is 8.58. The number of ether oxygens (including phenoxy) is 1. The minimum Gasteiger partial charge on any atom is -0.373 e. The first kappa shape index (κ1) is 14.2. The zero-order valence-electron chi connectivity index (χ0n) is 11.1. The SMILES string of the molecule is CCCCS(=O)(=O)NC1CCOC12CCNCC2. The van der Waals surface area contributed by atoms with Crippen LogP contribution in [0.4, 0.5) is 0 Å². The van der Waals surface area contributed by atoms with Crippen LogP contribution in [-0.4, -0.2) is 45.5 Å². The fourth-order valence-electron chi connectivity index (χ4n) is 2.86. The van der Waals surface area contributed by atoms with Gasteiger partial charge in [0.2, 0.25) is 10.0 Å².